The Hall–Kier alpha value is -1.97. The largest absolute Gasteiger partial charge is 0.502 e. The van der Waals surface area contributed by atoms with Crippen molar-refractivity contribution in [2.45, 2.75) is 25.3 Å². The van der Waals surface area contributed by atoms with Crippen LogP contribution in [-0.4, -0.2) is 25.9 Å². The summed E-state index contributed by atoms with van der Waals surface area (Å²) in [6, 6.07) is 5.76. The molecule has 3 rings (SSSR count). The summed E-state index contributed by atoms with van der Waals surface area (Å²) in [5.41, 5.74) is -1.67. The van der Waals surface area contributed by atoms with E-state index in [1.165, 1.54) is 24.3 Å². The second-order valence-electron chi connectivity index (χ2n) is 7.01. The van der Waals surface area contributed by atoms with Crippen LogP contribution < -0.4 is 0 Å². The molecule has 0 bridgehead atoms. The fraction of sp³-hybridized carbons (Fsp3) is 0.389. The molecule has 3 nitrogen and oxygen atoms in total. The van der Waals surface area contributed by atoms with Gasteiger partial charge in [0.1, 0.15) is 5.82 Å². The molecule has 1 aromatic carbocycles. The van der Waals surface area contributed by atoms with Crippen molar-refractivity contribution in [3.63, 3.8) is 0 Å². The molecule has 0 N–H and O–H groups in total. The fourth-order valence-electron chi connectivity index (χ4n) is 3.04. The van der Waals surface area contributed by atoms with Gasteiger partial charge in [-0.05, 0) is 29.8 Å². The van der Waals surface area contributed by atoms with Gasteiger partial charge in [-0.15, -0.1) is 0 Å². The molecule has 0 amide bonds. The van der Waals surface area contributed by atoms with E-state index in [0.29, 0.717) is 13.2 Å². The van der Waals surface area contributed by atoms with Gasteiger partial charge < -0.3 is 9.31 Å². The van der Waals surface area contributed by atoms with Crippen molar-refractivity contribution >= 4 is 7.12 Å². The lowest BCUT2D eigenvalue weighted by Gasteiger charge is -2.41. The van der Waals surface area contributed by atoms with Gasteiger partial charge in [0, 0.05) is 24.5 Å². The molecule has 1 heterocycles. The molecule has 6 heteroatoms. The Morgan fingerprint density at radius 3 is 2.62 bits per heavy atom. The molecule has 1 fully saturated rings. The average Bonchev–Trinajstić information content (AvgIpc) is 2.55. The van der Waals surface area contributed by atoms with Crippen molar-refractivity contribution in [3.05, 3.63) is 59.4 Å². The van der Waals surface area contributed by atoms with E-state index in [0.717, 1.165) is 0 Å². The van der Waals surface area contributed by atoms with Crippen LogP contribution in [0.4, 0.5) is 8.78 Å². The lowest BCUT2D eigenvalue weighted by atomic mass is 9.57. The highest BCUT2D eigenvalue weighted by Gasteiger charge is 2.54. The zero-order valence-corrected chi connectivity index (χ0v) is 13.6. The summed E-state index contributed by atoms with van der Waals surface area (Å²) in [5.74, 6) is -1.38. The zero-order valence-electron chi connectivity index (χ0n) is 13.6. The maximum atomic E-state index is 15.9. The third kappa shape index (κ3) is 3.02. The number of hydrogen-bond donors (Lipinski definition) is 0. The molecule has 124 valence electrons. The third-order valence-electron chi connectivity index (χ3n) is 4.32. The molecule has 1 aliphatic heterocycles. The van der Waals surface area contributed by atoms with E-state index >= 15 is 4.39 Å². The Bertz CT molecular complexity index is 731. The predicted molar refractivity (Wildman–Crippen MR) is 87.4 cm³/mol. The highest BCUT2D eigenvalue weighted by atomic mass is 19.1. The van der Waals surface area contributed by atoms with Crippen LogP contribution in [0.5, 0.6) is 0 Å². The predicted octanol–water partition coefficient (Wildman–Crippen LogP) is 3.72. The summed E-state index contributed by atoms with van der Waals surface area (Å²) >= 11 is 0. The molecule has 24 heavy (non-hydrogen) atoms. The van der Waals surface area contributed by atoms with Crippen LogP contribution in [-0.2, 0) is 9.31 Å². The van der Waals surface area contributed by atoms with E-state index in [2.05, 4.69) is 0 Å². The number of rotatable bonds is 2. The molecule has 0 aromatic heterocycles. The van der Waals surface area contributed by atoms with Crippen LogP contribution in [0.1, 0.15) is 30.9 Å². The number of nitrogens with zero attached hydrogens (tertiary/aromatic N) is 1. The molecule has 1 aromatic rings. The first kappa shape index (κ1) is 16.9. The van der Waals surface area contributed by atoms with Gasteiger partial charge in [0.25, 0.3) is 0 Å². The Morgan fingerprint density at radius 1 is 1.25 bits per heavy atom. The fourth-order valence-corrected chi connectivity index (χ4v) is 3.04. The average molecular weight is 329 g/mol. The Labute approximate surface area is 140 Å². The van der Waals surface area contributed by atoms with E-state index in [9.17, 15) is 9.65 Å². The molecule has 1 aliphatic carbocycles. The van der Waals surface area contributed by atoms with Gasteiger partial charge in [-0.25, -0.2) is 8.78 Å². The summed E-state index contributed by atoms with van der Waals surface area (Å²) in [6.07, 6.45) is 6.24. The number of nitriles is 1. The molecule has 2 aliphatic rings. The monoisotopic (exact) mass is 329 g/mol. The standard InChI is InChI=1S/C18H18BF2NO2/c1-17(2)11-23-19(24-12-17)18(21)8-4-3-5-16(18)15-9-14(20)7-6-13(15)10-22/h3-9,16H,11-12H2,1-2H3. The molecule has 0 saturated carbocycles. The van der Waals surface area contributed by atoms with E-state index in [-0.39, 0.29) is 16.5 Å². The SMILES string of the molecule is CC1(C)COB(C2(F)C=CC=CC2c2cc(F)ccc2C#N)OC1. The van der Waals surface area contributed by atoms with Gasteiger partial charge in [-0.1, -0.05) is 32.1 Å². The van der Waals surface area contributed by atoms with Gasteiger partial charge >= 0.3 is 7.12 Å². The van der Waals surface area contributed by atoms with Gasteiger partial charge in [-0.3, -0.25) is 0 Å². The Kier molecular flexibility index (Phi) is 4.33. The van der Waals surface area contributed by atoms with Gasteiger partial charge in [0.15, 0.2) is 5.57 Å². The molecule has 0 radical (unpaired) electrons. The summed E-state index contributed by atoms with van der Waals surface area (Å²) in [5, 5.41) is 9.29. The molecular weight excluding hydrogens is 311 g/mol. The zero-order chi connectivity index (χ0) is 17.4. The van der Waals surface area contributed by atoms with Crippen molar-refractivity contribution < 1.29 is 18.1 Å². The minimum Gasteiger partial charge on any atom is -0.408 e. The van der Waals surface area contributed by atoms with Crippen molar-refractivity contribution in [3.8, 4) is 6.07 Å². The Morgan fingerprint density at radius 2 is 1.96 bits per heavy atom. The number of hydrogen-bond acceptors (Lipinski definition) is 3. The minimum atomic E-state index is -2.01. The normalized spacial score (nSPS) is 28.6. The second-order valence-corrected chi connectivity index (χ2v) is 7.01. The maximum absolute atomic E-state index is 15.9. The van der Waals surface area contributed by atoms with Crippen LogP contribution in [0.15, 0.2) is 42.5 Å². The molecule has 2 atom stereocenters. The Balaban J connectivity index is 1.98. The van der Waals surface area contributed by atoms with Crippen LogP contribution in [0, 0.1) is 22.6 Å². The first-order valence-corrected chi connectivity index (χ1v) is 7.83. The van der Waals surface area contributed by atoms with Crippen LogP contribution in [0.25, 0.3) is 0 Å². The first-order valence-electron chi connectivity index (χ1n) is 7.83. The molecule has 2 unspecified atom stereocenters. The van der Waals surface area contributed by atoms with Gasteiger partial charge in [0.05, 0.1) is 11.6 Å². The number of alkyl halides is 1. The van der Waals surface area contributed by atoms with E-state index in [4.69, 9.17) is 9.31 Å². The lowest BCUT2D eigenvalue weighted by Crippen LogP contribution is -2.55. The van der Waals surface area contributed by atoms with Crippen molar-refractivity contribution in [2.24, 2.45) is 5.41 Å². The van der Waals surface area contributed by atoms with Gasteiger partial charge in [-0.2, -0.15) is 5.26 Å². The molecule has 0 spiro atoms. The van der Waals surface area contributed by atoms with Crippen LogP contribution >= 0.6 is 0 Å². The second kappa shape index (κ2) is 6.16. The van der Waals surface area contributed by atoms with Gasteiger partial charge in [0.2, 0.25) is 0 Å². The minimum absolute atomic E-state index is 0.187. The third-order valence-corrected chi connectivity index (χ3v) is 4.32. The van der Waals surface area contributed by atoms with Crippen LogP contribution in [0.2, 0.25) is 0 Å². The van der Waals surface area contributed by atoms with E-state index < -0.39 is 24.4 Å². The summed E-state index contributed by atoms with van der Waals surface area (Å²) in [4.78, 5) is 0. The maximum Gasteiger partial charge on any atom is 0.502 e. The highest BCUT2D eigenvalue weighted by Crippen LogP contribution is 2.42. The lowest BCUT2D eigenvalue weighted by molar-refractivity contribution is 0.00644. The number of allylic oxidation sites excluding steroid dienone is 4. The number of halogens is 2. The van der Waals surface area contributed by atoms with Crippen molar-refractivity contribution in [2.75, 3.05) is 13.2 Å². The molecular formula is C18H18BF2NO2. The van der Waals surface area contributed by atoms with Crippen molar-refractivity contribution in [1.82, 2.24) is 0 Å². The quantitative estimate of drug-likeness (QED) is 0.777. The topological polar surface area (TPSA) is 42.2 Å². The van der Waals surface area contributed by atoms with Crippen molar-refractivity contribution in [1.29, 1.82) is 5.26 Å². The number of benzene rings is 1. The van der Waals surface area contributed by atoms with E-state index in [1.54, 1.807) is 18.2 Å². The highest BCUT2D eigenvalue weighted by molar-refractivity contribution is 6.49. The van der Waals surface area contributed by atoms with Crippen LogP contribution in [0.3, 0.4) is 0 Å². The smallest absolute Gasteiger partial charge is 0.408 e. The summed E-state index contributed by atoms with van der Waals surface area (Å²) < 4.78 is 40.9. The van der Waals surface area contributed by atoms with E-state index in [1.807, 2.05) is 19.9 Å². The first-order chi connectivity index (χ1) is 11.4. The summed E-state index contributed by atoms with van der Waals surface area (Å²) in [6.45, 7) is 4.68. The summed E-state index contributed by atoms with van der Waals surface area (Å²) in [7, 11) is -1.11. The molecule has 1 saturated heterocycles.